The number of ether oxygens (including phenoxy) is 1. The molecule has 0 saturated heterocycles. The molecule has 1 saturated carbocycles. The number of nitrogens with zero attached hydrogens (tertiary/aromatic N) is 2. The molecule has 208 valence electrons. The quantitative estimate of drug-likeness (QED) is 0.226. The summed E-state index contributed by atoms with van der Waals surface area (Å²) in [5.74, 6) is -5.08. The van der Waals surface area contributed by atoms with Gasteiger partial charge in [0, 0.05) is 36.3 Å². The van der Waals surface area contributed by atoms with Gasteiger partial charge in [-0.1, -0.05) is 24.8 Å². The van der Waals surface area contributed by atoms with Crippen LogP contribution in [0.25, 0.3) is 33.3 Å². The van der Waals surface area contributed by atoms with E-state index in [0.29, 0.717) is 39.0 Å². The zero-order chi connectivity index (χ0) is 29.5. The smallest absolute Gasteiger partial charge is 0.283 e. The Bertz CT molecular complexity index is 1750. The fraction of sp³-hybridized carbons (Fsp3) is 0.172. The number of fused-ring (bicyclic) bond motifs is 1. The summed E-state index contributed by atoms with van der Waals surface area (Å²) < 4.78 is 45.1. The maximum absolute atomic E-state index is 13.2. The van der Waals surface area contributed by atoms with E-state index in [9.17, 15) is 28.0 Å². The summed E-state index contributed by atoms with van der Waals surface area (Å²) in [5, 5.41) is 15.2. The SMILES string of the molecule is C=C(F)C(=O)Nc1ccc(-c2[nH]c3c(C#N)cnc(N)c3c2-c2ccc(C(=O)NC3CC(F)(F)C3)c(OC)c2)cc1. The van der Waals surface area contributed by atoms with Crippen molar-refractivity contribution in [2.75, 3.05) is 18.2 Å². The van der Waals surface area contributed by atoms with Crippen LogP contribution in [0.4, 0.5) is 24.7 Å². The third kappa shape index (κ3) is 5.17. The van der Waals surface area contributed by atoms with Gasteiger partial charge in [-0.05, 0) is 35.4 Å². The van der Waals surface area contributed by atoms with Crippen molar-refractivity contribution in [2.45, 2.75) is 24.8 Å². The second-order valence-electron chi connectivity index (χ2n) is 9.58. The van der Waals surface area contributed by atoms with Gasteiger partial charge in [-0.3, -0.25) is 9.59 Å². The van der Waals surface area contributed by atoms with E-state index in [1.165, 1.54) is 19.4 Å². The largest absolute Gasteiger partial charge is 0.496 e. The van der Waals surface area contributed by atoms with Crippen molar-refractivity contribution in [3.63, 3.8) is 0 Å². The highest BCUT2D eigenvalue weighted by Gasteiger charge is 2.46. The first-order valence-electron chi connectivity index (χ1n) is 12.3. The number of amides is 2. The van der Waals surface area contributed by atoms with Crippen LogP contribution >= 0.6 is 0 Å². The van der Waals surface area contributed by atoms with Crippen LogP contribution in [0.5, 0.6) is 5.75 Å². The van der Waals surface area contributed by atoms with E-state index in [2.05, 4.69) is 33.2 Å². The molecule has 0 aliphatic heterocycles. The van der Waals surface area contributed by atoms with E-state index >= 15 is 0 Å². The van der Waals surface area contributed by atoms with Gasteiger partial charge in [0.15, 0.2) is 5.83 Å². The third-order valence-corrected chi connectivity index (χ3v) is 6.82. The molecular formula is C29H23F3N6O3. The number of alkyl halides is 2. The molecule has 1 fully saturated rings. The number of nitrogens with two attached hydrogens (primary N) is 1. The molecule has 4 aromatic rings. The molecule has 0 unspecified atom stereocenters. The number of aromatic nitrogens is 2. The van der Waals surface area contributed by atoms with Crippen LogP contribution in [-0.2, 0) is 4.79 Å². The normalized spacial score (nSPS) is 14.1. The Hall–Kier alpha value is -5.31. The number of carbonyl (C=O) groups is 2. The van der Waals surface area contributed by atoms with Gasteiger partial charge in [0.25, 0.3) is 17.7 Å². The topological polar surface area (TPSA) is 146 Å². The lowest BCUT2D eigenvalue weighted by molar-refractivity contribution is -0.114. The first-order chi connectivity index (χ1) is 19.5. The molecule has 12 heteroatoms. The van der Waals surface area contributed by atoms with Gasteiger partial charge < -0.3 is 26.1 Å². The molecule has 2 amide bonds. The number of hydrogen-bond acceptors (Lipinski definition) is 6. The van der Waals surface area contributed by atoms with E-state index in [4.69, 9.17) is 10.5 Å². The summed E-state index contributed by atoms with van der Waals surface area (Å²) in [5.41, 5.74) is 9.72. The first-order valence-corrected chi connectivity index (χ1v) is 12.3. The van der Waals surface area contributed by atoms with Gasteiger partial charge in [-0.15, -0.1) is 0 Å². The summed E-state index contributed by atoms with van der Waals surface area (Å²) in [7, 11) is 1.38. The average molecular weight is 561 g/mol. The molecule has 1 aliphatic carbocycles. The highest BCUT2D eigenvalue weighted by molar-refractivity contribution is 6.11. The van der Waals surface area contributed by atoms with E-state index in [-0.39, 0.29) is 22.7 Å². The minimum atomic E-state index is -2.78. The van der Waals surface area contributed by atoms with E-state index in [0.717, 1.165) is 0 Å². The van der Waals surface area contributed by atoms with Crippen LogP contribution < -0.4 is 21.1 Å². The minimum absolute atomic E-state index is 0.147. The molecule has 0 bridgehead atoms. The van der Waals surface area contributed by atoms with Gasteiger partial charge in [-0.2, -0.15) is 5.26 Å². The number of methoxy groups -OCH3 is 1. The zero-order valence-electron chi connectivity index (χ0n) is 21.6. The molecule has 41 heavy (non-hydrogen) atoms. The molecular weight excluding hydrogens is 537 g/mol. The predicted octanol–water partition coefficient (Wildman–Crippen LogP) is 5.31. The summed E-state index contributed by atoms with van der Waals surface area (Å²) in [6.45, 7) is 2.98. The second-order valence-corrected chi connectivity index (χ2v) is 9.58. The summed E-state index contributed by atoms with van der Waals surface area (Å²) in [6, 6.07) is 12.7. The monoisotopic (exact) mass is 560 g/mol. The molecule has 2 aromatic heterocycles. The fourth-order valence-electron chi connectivity index (χ4n) is 4.79. The number of pyridine rings is 1. The number of hydrogen-bond donors (Lipinski definition) is 4. The van der Waals surface area contributed by atoms with Crippen LogP contribution in [0.2, 0.25) is 0 Å². The summed E-state index contributed by atoms with van der Waals surface area (Å²) >= 11 is 0. The third-order valence-electron chi connectivity index (χ3n) is 6.82. The van der Waals surface area contributed by atoms with Crippen molar-refractivity contribution < 1.29 is 27.5 Å². The second kappa shape index (κ2) is 10.3. The first kappa shape index (κ1) is 27.3. The van der Waals surface area contributed by atoms with Crippen molar-refractivity contribution in [2.24, 2.45) is 0 Å². The standard InChI is InChI=1S/C29H23F3N6O3/c1-14(30)27(39)36-18-6-3-15(4-7-18)24-22(23-25(38-24)17(12-33)13-35-26(23)34)16-5-8-20(21(9-16)41-2)28(40)37-19-10-29(31,32)11-19/h3-9,13,19,38H,1,10-11H2,2H3,(H2,34,35)(H,36,39)(H,37,40). The highest BCUT2D eigenvalue weighted by atomic mass is 19.3. The number of halogens is 3. The van der Waals surface area contributed by atoms with Gasteiger partial charge in [-0.25, -0.2) is 18.2 Å². The van der Waals surface area contributed by atoms with Gasteiger partial charge in [0.05, 0.1) is 34.8 Å². The number of rotatable bonds is 7. The Kier molecular flexibility index (Phi) is 6.88. The number of benzene rings is 2. The molecule has 0 atom stereocenters. The molecule has 9 nitrogen and oxygen atoms in total. The number of H-pyrrole nitrogens is 1. The molecule has 1 aliphatic rings. The summed E-state index contributed by atoms with van der Waals surface area (Å²) in [6.07, 6.45) is 0.509. The van der Waals surface area contributed by atoms with E-state index in [1.807, 2.05) is 0 Å². The fourth-order valence-corrected chi connectivity index (χ4v) is 4.79. The van der Waals surface area contributed by atoms with E-state index < -0.39 is 42.4 Å². The van der Waals surface area contributed by atoms with Crippen molar-refractivity contribution in [3.05, 3.63) is 72.2 Å². The molecule has 0 spiro atoms. The minimum Gasteiger partial charge on any atom is -0.496 e. The number of aromatic amines is 1. The van der Waals surface area contributed by atoms with Crippen molar-refractivity contribution >= 4 is 34.2 Å². The van der Waals surface area contributed by atoms with Gasteiger partial charge >= 0.3 is 0 Å². The maximum atomic E-state index is 13.2. The molecule has 0 radical (unpaired) electrons. The Morgan fingerprint density at radius 2 is 1.88 bits per heavy atom. The van der Waals surface area contributed by atoms with Crippen LogP contribution in [0, 0.1) is 11.3 Å². The molecule has 2 heterocycles. The number of nitrogen functional groups attached to an aromatic ring is 1. The summed E-state index contributed by atoms with van der Waals surface area (Å²) in [4.78, 5) is 31.9. The number of nitriles is 1. The Morgan fingerprint density at radius 3 is 2.49 bits per heavy atom. The zero-order valence-corrected chi connectivity index (χ0v) is 21.6. The Morgan fingerprint density at radius 1 is 1.20 bits per heavy atom. The molecule has 5 N–H and O–H groups in total. The lowest BCUT2D eigenvalue weighted by atomic mass is 9.88. The van der Waals surface area contributed by atoms with Gasteiger partial charge in [0.2, 0.25) is 0 Å². The van der Waals surface area contributed by atoms with E-state index in [1.54, 1.807) is 36.4 Å². The number of anilines is 2. The lowest BCUT2D eigenvalue weighted by Gasteiger charge is -2.35. The Balaban J connectivity index is 1.59. The number of carbonyl (C=O) groups excluding carboxylic acids is 2. The molecule has 5 rings (SSSR count). The van der Waals surface area contributed by atoms with Crippen LogP contribution in [-0.4, -0.2) is 40.9 Å². The van der Waals surface area contributed by atoms with Crippen molar-refractivity contribution in [1.29, 1.82) is 5.26 Å². The van der Waals surface area contributed by atoms with Crippen molar-refractivity contribution in [1.82, 2.24) is 15.3 Å². The molecule has 2 aromatic carbocycles. The van der Waals surface area contributed by atoms with Gasteiger partial charge in [0.1, 0.15) is 17.6 Å². The lowest BCUT2D eigenvalue weighted by Crippen LogP contribution is -2.50. The maximum Gasteiger partial charge on any atom is 0.283 e. The van der Waals surface area contributed by atoms with Crippen LogP contribution in [0.3, 0.4) is 0 Å². The Labute approximate surface area is 231 Å². The predicted molar refractivity (Wildman–Crippen MR) is 147 cm³/mol. The van der Waals surface area contributed by atoms with Crippen LogP contribution in [0.15, 0.2) is 61.1 Å². The highest BCUT2D eigenvalue weighted by Crippen LogP contribution is 2.43. The van der Waals surface area contributed by atoms with Crippen LogP contribution in [0.1, 0.15) is 28.8 Å². The van der Waals surface area contributed by atoms with Crippen molar-refractivity contribution in [3.8, 4) is 34.2 Å². The number of nitrogens with one attached hydrogen (secondary N) is 3. The average Bonchev–Trinajstić information content (AvgIpc) is 3.34.